The van der Waals surface area contributed by atoms with Gasteiger partial charge in [0, 0.05) is 25.6 Å². The van der Waals surface area contributed by atoms with Crippen molar-refractivity contribution in [2.45, 2.75) is 51.0 Å². The molecule has 0 radical (unpaired) electrons. The van der Waals surface area contributed by atoms with Crippen LogP contribution in [0.1, 0.15) is 44.9 Å². The van der Waals surface area contributed by atoms with Crippen LogP contribution in [-0.4, -0.2) is 48.9 Å². The van der Waals surface area contributed by atoms with Gasteiger partial charge < -0.3 is 15.5 Å². The van der Waals surface area contributed by atoms with E-state index in [0.717, 1.165) is 58.2 Å². The van der Waals surface area contributed by atoms with Crippen LogP contribution < -0.4 is 10.6 Å². The van der Waals surface area contributed by atoms with E-state index in [1.165, 1.54) is 6.42 Å². The molecule has 5 nitrogen and oxygen atoms in total. The molecule has 2 aliphatic heterocycles. The zero-order chi connectivity index (χ0) is 14.7. The number of halogens is 1. The number of carbonyl (C=O) groups is 2. The Labute approximate surface area is 139 Å². The minimum atomic E-state index is 0. The molecule has 0 aromatic heterocycles. The Balaban J connectivity index is 0.00000176. The van der Waals surface area contributed by atoms with Crippen LogP contribution in [0, 0.1) is 11.8 Å². The summed E-state index contributed by atoms with van der Waals surface area (Å²) in [6.07, 6.45) is 7.58. The van der Waals surface area contributed by atoms with Gasteiger partial charge >= 0.3 is 0 Å². The lowest BCUT2D eigenvalue weighted by molar-refractivity contribution is -0.140. The Bertz CT molecular complexity index is 395. The molecule has 1 aliphatic carbocycles. The Morgan fingerprint density at radius 2 is 1.91 bits per heavy atom. The summed E-state index contributed by atoms with van der Waals surface area (Å²) in [4.78, 5) is 26.4. The Morgan fingerprint density at radius 1 is 1.09 bits per heavy atom. The fourth-order valence-electron chi connectivity index (χ4n) is 3.62. The maximum atomic E-state index is 12.3. The summed E-state index contributed by atoms with van der Waals surface area (Å²) >= 11 is 0. The second-order valence-corrected chi connectivity index (χ2v) is 6.81. The second kappa shape index (κ2) is 8.16. The molecule has 0 aromatic rings. The number of piperidine rings is 1. The second-order valence-electron chi connectivity index (χ2n) is 6.81. The Kier molecular flexibility index (Phi) is 6.50. The van der Waals surface area contributed by atoms with Crippen LogP contribution in [0.15, 0.2) is 0 Å². The van der Waals surface area contributed by atoms with Crippen LogP contribution in [0.5, 0.6) is 0 Å². The minimum Gasteiger partial charge on any atom is -0.354 e. The van der Waals surface area contributed by atoms with E-state index in [-0.39, 0.29) is 24.4 Å². The van der Waals surface area contributed by atoms with Gasteiger partial charge in [-0.1, -0.05) is 6.42 Å². The summed E-state index contributed by atoms with van der Waals surface area (Å²) in [5, 5.41) is 6.30. The molecular formula is C16H28ClN3O2. The van der Waals surface area contributed by atoms with Crippen molar-refractivity contribution in [1.29, 1.82) is 0 Å². The molecule has 2 unspecified atom stereocenters. The minimum absolute atomic E-state index is 0. The van der Waals surface area contributed by atoms with Gasteiger partial charge in [-0.15, -0.1) is 12.4 Å². The van der Waals surface area contributed by atoms with E-state index in [2.05, 4.69) is 10.6 Å². The topological polar surface area (TPSA) is 61.4 Å². The van der Waals surface area contributed by atoms with Gasteiger partial charge in [0.05, 0.1) is 6.04 Å². The first kappa shape index (κ1) is 17.5. The number of amides is 2. The average Bonchev–Trinajstić information content (AvgIpc) is 2.97. The molecule has 3 fully saturated rings. The molecule has 2 saturated heterocycles. The lowest BCUT2D eigenvalue weighted by Gasteiger charge is -2.37. The van der Waals surface area contributed by atoms with Crippen molar-refractivity contribution < 1.29 is 9.59 Å². The summed E-state index contributed by atoms with van der Waals surface area (Å²) in [6.45, 7) is 3.40. The third-order valence-electron chi connectivity index (χ3n) is 5.23. The number of carbonyl (C=O) groups excluding carboxylic acids is 2. The van der Waals surface area contributed by atoms with E-state index in [9.17, 15) is 9.59 Å². The summed E-state index contributed by atoms with van der Waals surface area (Å²) < 4.78 is 0. The highest BCUT2D eigenvalue weighted by molar-refractivity contribution is 5.85. The molecule has 6 heteroatoms. The van der Waals surface area contributed by atoms with Crippen molar-refractivity contribution in [2.75, 3.05) is 26.2 Å². The lowest BCUT2D eigenvalue weighted by Crippen LogP contribution is -2.48. The number of hydrogen-bond acceptors (Lipinski definition) is 3. The number of hydrogen-bond donors (Lipinski definition) is 2. The number of rotatable bonds is 4. The molecule has 0 bridgehead atoms. The summed E-state index contributed by atoms with van der Waals surface area (Å²) in [7, 11) is 0. The maximum Gasteiger partial charge on any atom is 0.237 e. The molecule has 22 heavy (non-hydrogen) atoms. The van der Waals surface area contributed by atoms with Gasteiger partial charge in [0.25, 0.3) is 0 Å². The van der Waals surface area contributed by atoms with Gasteiger partial charge in [-0.05, 0) is 51.0 Å². The summed E-state index contributed by atoms with van der Waals surface area (Å²) in [5.74, 6) is 1.21. The smallest absolute Gasteiger partial charge is 0.237 e. The van der Waals surface area contributed by atoms with Crippen molar-refractivity contribution in [3.05, 3.63) is 0 Å². The molecule has 3 rings (SSSR count). The predicted octanol–water partition coefficient (Wildman–Crippen LogP) is 1.32. The molecule has 2 atom stereocenters. The van der Waals surface area contributed by atoms with E-state index in [0.29, 0.717) is 24.3 Å². The van der Waals surface area contributed by atoms with Crippen molar-refractivity contribution in [3.8, 4) is 0 Å². The third kappa shape index (κ3) is 4.13. The van der Waals surface area contributed by atoms with E-state index in [4.69, 9.17) is 0 Å². The van der Waals surface area contributed by atoms with Gasteiger partial charge in [0.2, 0.25) is 11.8 Å². The normalized spacial score (nSPS) is 28.6. The predicted molar refractivity (Wildman–Crippen MR) is 87.9 cm³/mol. The largest absolute Gasteiger partial charge is 0.354 e. The number of nitrogens with zero attached hydrogens (tertiary/aromatic N) is 1. The first-order valence-electron chi connectivity index (χ1n) is 8.54. The molecule has 3 aliphatic rings. The first-order valence-corrected chi connectivity index (χ1v) is 8.54. The number of likely N-dealkylation sites (tertiary alicyclic amines) is 1. The zero-order valence-electron chi connectivity index (χ0n) is 13.2. The Morgan fingerprint density at radius 3 is 2.55 bits per heavy atom. The third-order valence-corrected chi connectivity index (χ3v) is 5.23. The number of nitrogens with one attached hydrogen (secondary N) is 2. The highest BCUT2D eigenvalue weighted by Crippen LogP contribution is 2.29. The Hall–Kier alpha value is -0.810. The van der Waals surface area contributed by atoms with Crippen LogP contribution in [0.4, 0.5) is 0 Å². The van der Waals surface area contributed by atoms with Crippen LogP contribution in [-0.2, 0) is 9.59 Å². The molecule has 0 spiro atoms. The van der Waals surface area contributed by atoms with E-state index >= 15 is 0 Å². The molecule has 1 saturated carbocycles. The molecule has 126 valence electrons. The maximum absolute atomic E-state index is 12.3. The van der Waals surface area contributed by atoms with Crippen LogP contribution in [0.3, 0.4) is 0 Å². The summed E-state index contributed by atoms with van der Waals surface area (Å²) in [6, 6.07) is 0.00121. The van der Waals surface area contributed by atoms with E-state index in [1.807, 2.05) is 4.90 Å². The van der Waals surface area contributed by atoms with E-state index in [1.54, 1.807) is 0 Å². The highest BCUT2D eigenvalue weighted by atomic mass is 35.5. The molecule has 2 amide bonds. The molecular weight excluding hydrogens is 302 g/mol. The van der Waals surface area contributed by atoms with Gasteiger partial charge in [0.1, 0.15) is 0 Å². The van der Waals surface area contributed by atoms with Crippen molar-refractivity contribution in [1.82, 2.24) is 15.5 Å². The van der Waals surface area contributed by atoms with Crippen molar-refractivity contribution in [2.24, 2.45) is 11.8 Å². The van der Waals surface area contributed by atoms with E-state index < -0.39 is 0 Å². The first-order chi connectivity index (χ1) is 10.2. The van der Waals surface area contributed by atoms with Gasteiger partial charge in [-0.25, -0.2) is 0 Å². The van der Waals surface area contributed by atoms with Crippen LogP contribution >= 0.6 is 12.4 Å². The molecule has 2 N–H and O–H groups in total. The highest BCUT2D eigenvalue weighted by Gasteiger charge is 2.32. The zero-order valence-corrected chi connectivity index (χ0v) is 14.0. The van der Waals surface area contributed by atoms with Gasteiger partial charge in [0.15, 0.2) is 0 Å². The fourth-order valence-corrected chi connectivity index (χ4v) is 3.62. The van der Waals surface area contributed by atoms with Gasteiger partial charge in [-0.2, -0.15) is 0 Å². The fraction of sp³-hybridized carbons (Fsp3) is 0.875. The van der Waals surface area contributed by atoms with Crippen LogP contribution in [0.25, 0.3) is 0 Å². The summed E-state index contributed by atoms with van der Waals surface area (Å²) in [5.41, 5.74) is 0. The lowest BCUT2D eigenvalue weighted by atomic mass is 9.83. The van der Waals surface area contributed by atoms with Crippen molar-refractivity contribution in [3.63, 3.8) is 0 Å². The standard InChI is InChI=1S/C16H27N3O2.ClH/c20-15(14-7-2-8-17-14)18-10-12-4-3-9-19(11-12)16(21)13-5-1-6-13;/h12-14,17H,1-11H2,(H,18,20);1H. The monoisotopic (exact) mass is 329 g/mol. The molecule has 2 heterocycles. The van der Waals surface area contributed by atoms with Gasteiger partial charge in [-0.3, -0.25) is 9.59 Å². The van der Waals surface area contributed by atoms with Crippen LogP contribution in [0.2, 0.25) is 0 Å². The average molecular weight is 330 g/mol. The van der Waals surface area contributed by atoms with Crippen molar-refractivity contribution >= 4 is 24.2 Å². The quantitative estimate of drug-likeness (QED) is 0.817. The SMILES string of the molecule is Cl.O=C(NCC1CCCN(C(=O)C2CCC2)C1)C1CCCN1. The molecule has 0 aromatic carbocycles.